The summed E-state index contributed by atoms with van der Waals surface area (Å²) in [5.74, 6) is -0.101. The number of nitrogens with two attached hydrogens (primary N) is 1. The van der Waals surface area contributed by atoms with Crippen LogP contribution in [-0.4, -0.2) is 47.8 Å². The van der Waals surface area contributed by atoms with Gasteiger partial charge in [0.1, 0.15) is 11.9 Å². The molecule has 2 fully saturated rings. The number of carbonyl (C=O) groups is 2. The number of amides is 2. The molecule has 2 amide bonds. The summed E-state index contributed by atoms with van der Waals surface area (Å²) in [5.41, 5.74) is 7.53. The van der Waals surface area contributed by atoms with Gasteiger partial charge in [0.2, 0.25) is 0 Å². The highest BCUT2D eigenvalue weighted by Crippen LogP contribution is 2.38. The van der Waals surface area contributed by atoms with E-state index in [9.17, 15) is 9.59 Å². The van der Waals surface area contributed by atoms with Gasteiger partial charge in [-0.15, -0.1) is 0 Å². The Bertz CT molecular complexity index is 961. The number of nitrogens with one attached hydrogen (secondary N) is 1. The zero-order valence-corrected chi connectivity index (χ0v) is 16.8. The first-order valence-electron chi connectivity index (χ1n) is 10.0. The molecule has 1 aromatic heterocycles. The van der Waals surface area contributed by atoms with Crippen LogP contribution in [0.4, 0.5) is 10.5 Å². The van der Waals surface area contributed by atoms with Crippen molar-refractivity contribution in [1.29, 1.82) is 0 Å². The van der Waals surface area contributed by atoms with E-state index in [4.69, 9.17) is 15.2 Å². The van der Waals surface area contributed by atoms with Crippen LogP contribution in [-0.2, 0) is 4.74 Å². The molecule has 0 aliphatic carbocycles. The molecule has 0 bridgehead atoms. The predicted molar refractivity (Wildman–Crippen MR) is 109 cm³/mol. The molecule has 154 valence electrons. The summed E-state index contributed by atoms with van der Waals surface area (Å²) < 4.78 is 11.4. The predicted octanol–water partition coefficient (Wildman–Crippen LogP) is 2.59. The van der Waals surface area contributed by atoms with Crippen molar-refractivity contribution in [2.75, 3.05) is 11.4 Å². The zero-order valence-electron chi connectivity index (χ0n) is 16.8. The number of fused-ring (bicyclic) bond motifs is 2. The van der Waals surface area contributed by atoms with Gasteiger partial charge in [-0.25, -0.2) is 4.79 Å². The maximum Gasteiger partial charge on any atom is 0.407 e. The molecule has 8 nitrogen and oxygen atoms in total. The van der Waals surface area contributed by atoms with E-state index in [-0.39, 0.29) is 30.4 Å². The summed E-state index contributed by atoms with van der Waals surface area (Å²) >= 11 is 0. The number of hydrogen-bond donors (Lipinski definition) is 2. The molecule has 2 aliphatic rings. The van der Waals surface area contributed by atoms with Crippen LogP contribution in [0.25, 0.3) is 10.9 Å². The highest BCUT2D eigenvalue weighted by molar-refractivity contribution is 6.02. The molecule has 3 heterocycles. The molecule has 3 atom stereocenters. The number of alkyl carbamates (subject to hydrolysis) is 1. The van der Waals surface area contributed by atoms with Crippen molar-refractivity contribution in [3.8, 4) is 5.75 Å². The average molecular weight is 398 g/mol. The van der Waals surface area contributed by atoms with Crippen molar-refractivity contribution in [1.82, 2.24) is 10.3 Å². The quantitative estimate of drug-likeness (QED) is 0.775. The standard InChI is InChI=1S/C21H26N4O4/c1-4-5-17-19-15(24-21(27)29-19)10-25(17)16-6-7-23-14-8-13(20(22)26)18(9-12(14)16)28-11(2)3/h6-9,11,15,17,19H,4-5,10H2,1-3H3,(H2,22,26)(H,24,27)/t15-,17-,19-/m1/s1. The second kappa shape index (κ2) is 7.42. The molecular formula is C21H26N4O4. The number of rotatable bonds is 6. The van der Waals surface area contributed by atoms with Crippen LogP contribution >= 0.6 is 0 Å². The minimum Gasteiger partial charge on any atom is -0.490 e. The van der Waals surface area contributed by atoms with E-state index in [2.05, 4.69) is 22.1 Å². The molecule has 0 saturated carbocycles. The SMILES string of the molecule is CCC[C@@H]1[C@@H]2OC(=O)N[C@@H]2CN1c1ccnc2cc(C(N)=O)c(OC(C)C)cc12. The minimum absolute atomic E-state index is 0.0430. The van der Waals surface area contributed by atoms with Crippen LogP contribution in [0.15, 0.2) is 24.4 Å². The molecule has 0 spiro atoms. The molecule has 0 radical (unpaired) electrons. The van der Waals surface area contributed by atoms with Gasteiger partial charge in [0.25, 0.3) is 5.91 Å². The zero-order chi connectivity index (χ0) is 20.7. The Kier molecular flexibility index (Phi) is 4.94. The Hall–Kier alpha value is -3.03. The lowest BCUT2D eigenvalue weighted by molar-refractivity contribution is 0.0994. The van der Waals surface area contributed by atoms with E-state index in [0.29, 0.717) is 23.4 Å². The average Bonchev–Trinajstić information content (AvgIpc) is 3.17. The first-order valence-corrected chi connectivity index (χ1v) is 10.0. The van der Waals surface area contributed by atoms with Gasteiger partial charge in [-0.2, -0.15) is 0 Å². The third-order valence-corrected chi connectivity index (χ3v) is 5.46. The normalized spacial score (nSPS) is 23.2. The highest BCUT2D eigenvalue weighted by atomic mass is 16.6. The molecule has 2 aromatic rings. The first-order chi connectivity index (χ1) is 13.9. The van der Waals surface area contributed by atoms with Crippen LogP contribution in [0.3, 0.4) is 0 Å². The molecule has 3 N–H and O–H groups in total. The number of hydrogen-bond acceptors (Lipinski definition) is 6. The highest BCUT2D eigenvalue weighted by Gasteiger charge is 2.49. The van der Waals surface area contributed by atoms with Crippen LogP contribution in [0.5, 0.6) is 5.75 Å². The maximum atomic E-state index is 11.9. The third kappa shape index (κ3) is 3.43. The molecule has 29 heavy (non-hydrogen) atoms. The number of pyridine rings is 1. The Morgan fingerprint density at radius 3 is 2.93 bits per heavy atom. The van der Waals surface area contributed by atoms with E-state index in [1.165, 1.54) is 0 Å². The summed E-state index contributed by atoms with van der Waals surface area (Å²) in [6.07, 6.45) is 2.96. The fourth-order valence-electron chi connectivity index (χ4n) is 4.34. The van der Waals surface area contributed by atoms with Gasteiger partial charge in [0.15, 0.2) is 0 Å². The smallest absolute Gasteiger partial charge is 0.407 e. The second-order valence-corrected chi connectivity index (χ2v) is 7.86. The van der Waals surface area contributed by atoms with Gasteiger partial charge < -0.3 is 25.4 Å². The van der Waals surface area contributed by atoms with Gasteiger partial charge in [-0.3, -0.25) is 9.78 Å². The van der Waals surface area contributed by atoms with Crippen molar-refractivity contribution >= 4 is 28.6 Å². The number of ether oxygens (including phenoxy) is 2. The minimum atomic E-state index is -0.551. The topological polar surface area (TPSA) is 107 Å². The Labute approximate surface area is 169 Å². The monoisotopic (exact) mass is 398 g/mol. The number of anilines is 1. The summed E-state index contributed by atoms with van der Waals surface area (Å²) in [6.45, 7) is 6.57. The number of primary amides is 1. The Balaban J connectivity index is 1.81. The van der Waals surface area contributed by atoms with Gasteiger partial charge >= 0.3 is 6.09 Å². The van der Waals surface area contributed by atoms with Crippen molar-refractivity contribution in [3.05, 3.63) is 30.0 Å². The fraction of sp³-hybridized carbons (Fsp3) is 0.476. The lowest BCUT2D eigenvalue weighted by Crippen LogP contribution is -2.36. The van der Waals surface area contributed by atoms with Crippen molar-refractivity contribution in [2.45, 2.75) is 57.9 Å². The van der Waals surface area contributed by atoms with E-state index in [0.717, 1.165) is 23.9 Å². The molecule has 4 rings (SSSR count). The van der Waals surface area contributed by atoms with Gasteiger partial charge in [0, 0.05) is 23.8 Å². The summed E-state index contributed by atoms with van der Waals surface area (Å²) in [7, 11) is 0. The Morgan fingerprint density at radius 1 is 1.45 bits per heavy atom. The van der Waals surface area contributed by atoms with Crippen molar-refractivity contribution < 1.29 is 19.1 Å². The lowest BCUT2D eigenvalue weighted by atomic mass is 10.0. The molecule has 2 saturated heterocycles. The van der Waals surface area contributed by atoms with Crippen molar-refractivity contribution in [3.63, 3.8) is 0 Å². The van der Waals surface area contributed by atoms with Crippen LogP contribution in [0, 0.1) is 0 Å². The van der Waals surface area contributed by atoms with Gasteiger partial charge in [-0.1, -0.05) is 13.3 Å². The van der Waals surface area contributed by atoms with E-state index in [1.54, 1.807) is 12.3 Å². The first kappa shape index (κ1) is 19.3. The Morgan fingerprint density at radius 2 is 2.24 bits per heavy atom. The van der Waals surface area contributed by atoms with Crippen LogP contribution < -0.4 is 20.7 Å². The van der Waals surface area contributed by atoms with E-state index < -0.39 is 5.91 Å². The van der Waals surface area contributed by atoms with E-state index in [1.807, 2.05) is 26.0 Å². The molecule has 1 aromatic carbocycles. The van der Waals surface area contributed by atoms with Crippen LogP contribution in [0.2, 0.25) is 0 Å². The number of carbonyl (C=O) groups excluding carboxylic acids is 2. The molecular weight excluding hydrogens is 372 g/mol. The van der Waals surface area contributed by atoms with Gasteiger partial charge in [-0.05, 0) is 38.5 Å². The molecule has 0 unspecified atom stereocenters. The number of aromatic nitrogens is 1. The van der Waals surface area contributed by atoms with Crippen molar-refractivity contribution in [2.24, 2.45) is 5.73 Å². The molecule has 8 heteroatoms. The largest absolute Gasteiger partial charge is 0.490 e. The second-order valence-electron chi connectivity index (χ2n) is 7.86. The number of benzene rings is 1. The summed E-state index contributed by atoms with van der Waals surface area (Å²) in [4.78, 5) is 30.3. The third-order valence-electron chi connectivity index (χ3n) is 5.46. The number of nitrogens with zero attached hydrogens (tertiary/aromatic N) is 2. The van der Waals surface area contributed by atoms with Gasteiger partial charge in [0.05, 0.1) is 29.3 Å². The maximum absolute atomic E-state index is 11.9. The summed E-state index contributed by atoms with van der Waals surface area (Å²) in [6, 6.07) is 5.51. The molecule has 2 aliphatic heterocycles. The fourth-order valence-corrected chi connectivity index (χ4v) is 4.34. The lowest BCUT2D eigenvalue weighted by Gasteiger charge is -2.29. The summed E-state index contributed by atoms with van der Waals surface area (Å²) in [5, 5.41) is 3.78. The van der Waals surface area contributed by atoms with E-state index >= 15 is 0 Å². The van der Waals surface area contributed by atoms with Crippen LogP contribution in [0.1, 0.15) is 44.0 Å².